The standard InChI is InChI=1S/C6H15N.C6H12O2.C6H14O.C3H8.CO2/c1-4-5-7-6(2)3;1-3-5-8-6(7)4-2;1-4-5-7-6(2)3;1-3-2;2-1-3/h6-7H,4-5H2,1-3H3;3-5H2,1-2H3;6H,4-5H2,1-3H3;3H2,1-2H3;. The molecule has 0 amide bonds. The molecule has 0 spiro atoms. The van der Waals surface area contributed by atoms with Crippen molar-refractivity contribution in [1.82, 2.24) is 5.32 Å². The van der Waals surface area contributed by atoms with Crippen LogP contribution < -0.4 is 5.32 Å². The summed E-state index contributed by atoms with van der Waals surface area (Å²) < 4.78 is 9.89. The second-order valence-electron chi connectivity index (χ2n) is 6.39. The number of rotatable bonds is 9. The van der Waals surface area contributed by atoms with Crippen LogP contribution >= 0.6 is 0 Å². The lowest BCUT2D eigenvalue weighted by molar-refractivity contribution is -0.191. The van der Waals surface area contributed by atoms with Gasteiger partial charge in [-0.3, -0.25) is 4.79 Å². The van der Waals surface area contributed by atoms with Gasteiger partial charge in [-0.15, -0.1) is 0 Å². The first-order valence-corrected chi connectivity index (χ1v) is 10.7. The normalized spacial score (nSPS) is 8.57. The van der Waals surface area contributed by atoms with Crippen molar-refractivity contribution in [2.45, 2.75) is 113 Å². The highest BCUT2D eigenvalue weighted by Gasteiger charge is 1.93. The van der Waals surface area contributed by atoms with Crippen LogP contribution in [0.3, 0.4) is 0 Å². The highest BCUT2D eigenvalue weighted by atomic mass is 16.5. The molecular formula is C22H49NO5. The van der Waals surface area contributed by atoms with Crippen LogP contribution in [0.2, 0.25) is 0 Å². The maximum absolute atomic E-state index is 10.3. The van der Waals surface area contributed by atoms with Crippen molar-refractivity contribution in [2.75, 3.05) is 19.8 Å². The lowest BCUT2D eigenvalue weighted by Gasteiger charge is -2.03. The summed E-state index contributed by atoms with van der Waals surface area (Å²) in [5, 5.41) is 3.30. The molecule has 0 aromatic heterocycles. The molecule has 0 saturated heterocycles. The summed E-state index contributed by atoms with van der Waals surface area (Å²) in [7, 11) is 0. The molecule has 0 saturated carbocycles. The summed E-state index contributed by atoms with van der Waals surface area (Å²) in [5.41, 5.74) is 0. The van der Waals surface area contributed by atoms with E-state index >= 15 is 0 Å². The van der Waals surface area contributed by atoms with Crippen molar-refractivity contribution in [2.24, 2.45) is 0 Å². The Morgan fingerprint density at radius 2 is 1.29 bits per heavy atom. The molecular weight excluding hydrogens is 358 g/mol. The average molecular weight is 408 g/mol. The molecule has 0 heterocycles. The van der Waals surface area contributed by atoms with Gasteiger partial charge in [0.25, 0.3) is 0 Å². The minimum absolute atomic E-state index is 0.105. The van der Waals surface area contributed by atoms with Crippen LogP contribution in [0.25, 0.3) is 0 Å². The number of carbonyl (C=O) groups is 1. The fourth-order valence-corrected chi connectivity index (χ4v) is 1.10. The molecule has 0 aliphatic carbocycles. The third kappa shape index (κ3) is 85.8. The van der Waals surface area contributed by atoms with Crippen LogP contribution in [0, 0.1) is 0 Å². The third-order valence-electron chi connectivity index (χ3n) is 2.21. The van der Waals surface area contributed by atoms with Crippen molar-refractivity contribution in [3.63, 3.8) is 0 Å². The Balaban J connectivity index is -0.0000000829. The van der Waals surface area contributed by atoms with Crippen LogP contribution in [-0.4, -0.2) is 44.0 Å². The van der Waals surface area contributed by atoms with Gasteiger partial charge in [-0.1, -0.05) is 61.8 Å². The topological polar surface area (TPSA) is 81.7 Å². The molecule has 0 radical (unpaired) electrons. The molecule has 0 aromatic carbocycles. The number of ether oxygens (including phenoxy) is 2. The van der Waals surface area contributed by atoms with Crippen LogP contribution in [0.1, 0.15) is 101 Å². The summed E-state index contributed by atoms with van der Waals surface area (Å²) in [5.74, 6) is -0.105. The Labute approximate surface area is 175 Å². The first-order valence-electron chi connectivity index (χ1n) is 10.7. The smallest absolute Gasteiger partial charge is 0.373 e. The van der Waals surface area contributed by atoms with Gasteiger partial charge in [0.05, 0.1) is 12.7 Å². The van der Waals surface area contributed by atoms with Gasteiger partial charge in [-0.05, 0) is 39.7 Å². The summed E-state index contributed by atoms with van der Waals surface area (Å²) in [6.45, 7) is 23.3. The van der Waals surface area contributed by atoms with Crippen LogP contribution in [0.15, 0.2) is 0 Å². The average Bonchev–Trinajstić information content (AvgIpc) is 2.65. The molecule has 0 aliphatic rings. The van der Waals surface area contributed by atoms with E-state index in [-0.39, 0.29) is 12.1 Å². The molecule has 1 N–H and O–H groups in total. The predicted molar refractivity (Wildman–Crippen MR) is 117 cm³/mol. The second-order valence-corrected chi connectivity index (χ2v) is 6.39. The van der Waals surface area contributed by atoms with Gasteiger partial charge in [-0.2, -0.15) is 9.59 Å². The lowest BCUT2D eigenvalue weighted by atomic mass is 10.4. The molecule has 0 fully saturated rings. The van der Waals surface area contributed by atoms with Gasteiger partial charge in [0, 0.05) is 19.1 Å². The minimum Gasteiger partial charge on any atom is -0.466 e. The predicted octanol–water partition coefficient (Wildman–Crippen LogP) is 5.40. The summed E-state index contributed by atoms with van der Waals surface area (Å²) >= 11 is 0. The molecule has 0 atom stereocenters. The summed E-state index contributed by atoms with van der Waals surface area (Å²) in [4.78, 5) is 26.6. The molecule has 0 aliphatic heterocycles. The van der Waals surface area contributed by atoms with Gasteiger partial charge < -0.3 is 14.8 Å². The molecule has 0 bridgehead atoms. The van der Waals surface area contributed by atoms with E-state index in [1.165, 1.54) is 12.8 Å². The van der Waals surface area contributed by atoms with E-state index < -0.39 is 0 Å². The van der Waals surface area contributed by atoms with Crippen molar-refractivity contribution < 1.29 is 23.9 Å². The Morgan fingerprint density at radius 3 is 1.46 bits per heavy atom. The zero-order valence-corrected chi connectivity index (χ0v) is 20.4. The van der Waals surface area contributed by atoms with Crippen LogP contribution in [0.5, 0.6) is 0 Å². The zero-order chi connectivity index (χ0) is 23.2. The Kier molecular flexibility index (Phi) is 54.2. The van der Waals surface area contributed by atoms with Gasteiger partial charge in [0.1, 0.15) is 0 Å². The quantitative estimate of drug-likeness (QED) is 0.515. The summed E-state index contributed by atoms with van der Waals surface area (Å²) in [6, 6.07) is 0.653. The number of esters is 1. The number of hydrogen-bond acceptors (Lipinski definition) is 6. The third-order valence-corrected chi connectivity index (χ3v) is 2.21. The van der Waals surface area contributed by atoms with E-state index in [9.17, 15) is 4.79 Å². The van der Waals surface area contributed by atoms with Crippen molar-refractivity contribution >= 4 is 12.1 Å². The Bertz CT molecular complexity index is 277. The van der Waals surface area contributed by atoms with E-state index in [2.05, 4.69) is 60.7 Å². The van der Waals surface area contributed by atoms with E-state index in [0.717, 1.165) is 26.0 Å². The van der Waals surface area contributed by atoms with E-state index in [1.807, 2.05) is 6.92 Å². The van der Waals surface area contributed by atoms with Crippen LogP contribution in [-0.2, 0) is 23.9 Å². The molecule has 0 unspecified atom stereocenters. The SMILES string of the molecule is CCC.CCCNC(C)C.CCCOC(=O)CC.CCCOC(C)C.O=C=O. The van der Waals surface area contributed by atoms with E-state index in [1.54, 1.807) is 6.92 Å². The maximum Gasteiger partial charge on any atom is 0.373 e. The molecule has 6 nitrogen and oxygen atoms in total. The molecule has 0 rings (SSSR count). The first kappa shape index (κ1) is 37.5. The van der Waals surface area contributed by atoms with Gasteiger partial charge in [0.2, 0.25) is 0 Å². The molecule has 6 heteroatoms. The largest absolute Gasteiger partial charge is 0.466 e. The van der Waals surface area contributed by atoms with E-state index in [0.29, 0.717) is 25.2 Å². The van der Waals surface area contributed by atoms with Gasteiger partial charge >= 0.3 is 12.1 Å². The van der Waals surface area contributed by atoms with Crippen molar-refractivity contribution in [3.8, 4) is 0 Å². The van der Waals surface area contributed by atoms with E-state index in [4.69, 9.17) is 19.1 Å². The Hall–Kier alpha value is -1.23. The number of hydrogen-bond donors (Lipinski definition) is 1. The molecule has 28 heavy (non-hydrogen) atoms. The monoisotopic (exact) mass is 407 g/mol. The molecule has 0 aromatic rings. The van der Waals surface area contributed by atoms with Crippen molar-refractivity contribution in [1.29, 1.82) is 0 Å². The lowest BCUT2D eigenvalue weighted by Crippen LogP contribution is -2.22. The highest BCUT2D eigenvalue weighted by Crippen LogP contribution is 1.87. The van der Waals surface area contributed by atoms with Crippen LogP contribution in [0.4, 0.5) is 0 Å². The summed E-state index contributed by atoms with van der Waals surface area (Å²) in [6.07, 6.45) is 5.65. The Morgan fingerprint density at radius 1 is 0.857 bits per heavy atom. The highest BCUT2D eigenvalue weighted by molar-refractivity contribution is 5.68. The number of nitrogens with one attached hydrogen (secondary N) is 1. The second kappa shape index (κ2) is 40.5. The maximum atomic E-state index is 10.3. The minimum atomic E-state index is -0.105. The van der Waals surface area contributed by atoms with Gasteiger partial charge in [-0.25, -0.2) is 0 Å². The van der Waals surface area contributed by atoms with Gasteiger partial charge in [0.15, 0.2) is 0 Å². The fourth-order valence-electron chi connectivity index (χ4n) is 1.10. The first-order chi connectivity index (χ1) is 13.2. The molecule has 172 valence electrons. The van der Waals surface area contributed by atoms with Crippen molar-refractivity contribution in [3.05, 3.63) is 0 Å². The zero-order valence-electron chi connectivity index (χ0n) is 20.4. The number of carbonyl (C=O) groups excluding carboxylic acids is 3. The fraction of sp³-hybridized carbons (Fsp3) is 0.909.